The zero-order valence-corrected chi connectivity index (χ0v) is 20.0. The van der Waals surface area contributed by atoms with Crippen molar-refractivity contribution in [2.24, 2.45) is 5.10 Å². The van der Waals surface area contributed by atoms with E-state index >= 15 is 0 Å². The van der Waals surface area contributed by atoms with Gasteiger partial charge in [-0.3, -0.25) is 9.63 Å². The summed E-state index contributed by atoms with van der Waals surface area (Å²) in [7, 11) is 1.35. The molecule has 1 aromatic rings. The summed E-state index contributed by atoms with van der Waals surface area (Å²) >= 11 is 6.20. The van der Waals surface area contributed by atoms with E-state index in [1.807, 2.05) is 0 Å². The van der Waals surface area contributed by atoms with Crippen LogP contribution in [0.2, 0.25) is 5.02 Å². The molecule has 0 spiro atoms. The molecule has 9 nitrogen and oxygen atoms in total. The summed E-state index contributed by atoms with van der Waals surface area (Å²) in [6.45, 7) is 10.9. The van der Waals surface area contributed by atoms with Gasteiger partial charge in [0.2, 0.25) is 5.54 Å². The van der Waals surface area contributed by atoms with Gasteiger partial charge in [-0.2, -0.15) is 5.10 Å². The van der Waals surface area contributed by atoms with E-state index in [9.17, 15) is 18.8 Å². The molecule has 0 aliphatic carbocycles. The van der Waals surface area contributed by atoms with E-state index in [0.29, 0.717) is 5.06 Å². The van der Waals surface area contributed by atoms with Crippen LogP contribution in [0.3, 0.4) is 0 Å². The smallest absolute Gasteiger partial charge is 0.442 e. The average molecular weight is 472 g/mol. The quantitative estimate of drug-likeness (QED) is 0.464. The zero-order chi connectivity index (χ0) is 24.6. The molecular weight excluding hydrogens is 445 g/mol. The second kappa shape index (κ2) is 8.57. The van der Waals surface area contributed by atoms with Crippen LogP contribution < -0.4 is 0 Å². The van der Waals surface area contributed by atoms with Crippen molar-refractivity contribution in [3.63, 3.8) is 0 Å². The number of hydrogen-bond donors (Lipinski definition) is 0. The molecule has 32 heavy (non-hydrogen) atoms. The van der Waals surface area contributed by atoms with Crippen molar-refractivity contribution < 1.29 is 33.1 Å². The van der Waals surface area contributed by atoms with Crippen LogP contribution in [0.5, 0.6) is 0 Å². The first-order valence-corrected chi connectivity index (χ1v) is 10.1. The summed E-state index contributed by atoms with van der Waals surface area (Å²) in [6, 6.07) is 3.47. The standard InChI is InChI=1S/C21H27ClFN3O6/c1-19(2,3)30-17(28)26(32-18(29)31-20(4,5)6)21(7)15(24-25(8)16(21)27)13-10-9-12(23)11-14(13)22/h9-11H,1-8H3. The van der Waals surface area contributed by atoms with Gasteiger partial charge in [0.15, 0.2) is 0 Å². The number of rotatable bonds is 2. The van der Waals surface area contributed by atoms with Gasteiger partial charge in [0.1, 0.15) is 22.7 Å². The van der Waals surface area contributed by atoms with Gasteiger partial charge < -0.3 is 9.47 Å². The highest BCUT2D eigenvalue weighted by molar-refractivity contribution is 6.36. The van der Waals surface area contributed by atoms with E-state index in [4.69, 9.17) is 25.9 Å². The highest BCUT2D eigenvalue weighted by Crippen LogP contribution is 2.34. The molecule has 0 radical (unpaired) electrons. The van der Waals surface area contributed by atoms with Crippen molar-refractivity contribution in [3.8, 4) is 0 Å². The maximum Gasteiger partial charge on any atom is 0.534 e. The van der Waals surface area contributed by atoms with Crippen LogP contribution >= 0.6 is 11.6 Å². The normalized spacial score (nSPS) is 18.9. The van der Waals surface area contributed by atoms with Crippen molar-refractivity contribution >= 4 is 35.5 Å². The number of hydrazone groups is 1. The number of halogens is 2. The first kappa shape index (κ1) is 25.4. The molecule has 2 amide bonds. The van der Waals surface area contributed by atoms with Gasteiger partial charge >= 0.3 is 12.2 Å². The molecule has 0 fully saturated rings. The lowest BCUT2D eigenvalue weighted by Gasteiger charge is -2.36. The van der Waals surface area contributed by atoms with E-state index in [-0.39, 0.29) is 16.3 Å². The van der Waals surface area contributed by atoms with Crippen molar-refractivity contribution in [3.05, 3.63) is 34.6 Å². The SMILES string of the molecule is CN1N=C(c2ccc(F)cc2Cl)C(C)(N(OC(=O)OC(C)(C)C)C(=O)OC(C)(C)C)C1=O. The molecule has 1 aromatic carbocycles. The van der Waals surface area contributed by atoms with Gasteiger partial charge in [-0.15, -0.1) is 5.06 Å². The second-order valence-electron chi connectivity index (χ2n) is 9.30. The maximum atomic E-state index is 13.6. The molecule has 0 saturated heterocycles. The van der Waals surface area contributed by atoms with Gasteiger partial charge in [0.25, 0.3) is 5.91 Å². The Labute approximate surface area is 191 Å². The lowest BCUT2D eigenvalue weighted by atomic mass is 9.90. The summed E-state index contributed by atoms with van der Waals surface area (Å²) in [5, 5.41) is 5.55. The zero-order valence-electron chi connectivity index (χ0n) is 19.3. The third-order valence-corrected chi connectivity index (χ3v) is 4.44. The van der Waals surface area contributed by atoms with Crippen molar-refractivity contribution in [2.45, 2.75) is 65.2 Å². The summed E-state index contributed by atoms with van der Waals surface area (Å²) in [5.74, 6) is -1.32. The minimum Gasteiger partial charge on any atom is -0.442 e. The molecule has 0 bridgehead atoms. The second-order valence-corrected chi connectivity index (χ2v) is 9.71. The number of nitrogens with zero attached hydrogens (tertiary/aromatic N) is 3. The molecule has 176 valence electrons. The van der Waals surface area contributed by atoms with Crippen LogP contribution in [-0.4, -0.2) is 57.7 Å². The Balaban J connectivity index is 2.61. The molecule has 0 N–H and O–H groups in total. The Hall–Kier alpha value is -2.88. The van der Waals surface area contributed by atoms with Crippen LogP contribution in [0.4, 0.5) is 14.0 Å². The predicted molar refractivity (Wildman–Crippen MR) is 115 cm³/mol. The highest BCUT2D eigenvalue weighted by Gasteiger charge is 2.57. The number of carbonyl (C=O) groups is 3. The van der Waals surface area contributed by atoms with Crippen molar-refractivity contribution in [1.82, 2.24) is 10.1 Å². The van der Waals surface area contributed by atoms with Gasteiger partial charge in [0.05, 0.1) is 5.02 Å². The number of ether oxygens (including phenoxy) is 2. The third-order valence-electron chi connectivity index (χ3n) is 4.13. The fourth-order valence-electron chi connectivity index (χ4n) is 2.85. The molecule has 1 heterocycles. The first-order valence-electron chi connectivity index (χ1n) is 9.72. The van der Waals surface area contributed by atoms with Crippen LogP contribution in [-0.2, 0) is 19.1 Å². The summed E-state index contributed by atoms with van der Waals surface area (Å²) in [4.78, 5) is 43.9. The van der Waals surface area contributed by atoms with E-state index < -0.39 is 40.7 Å². The van der Waals surface area contributed by atoms with Crippen LogP contribution in [0.1, 0.15) is 54.0 Å². The van der Waals surface area contributed by atoms with Gasteiger partial charge in [-0.25, -0.2) is 19.0 Å². The largest absolute Gasteiger partial charge is 0.534 e. The molecule has 11 heteroatoms. The lowest BCUT2D eigenvalue weighted by molar-refractivity contribution is -0.176. The Bertz CT molecular complexity index is 969. The van der Waals surface area contributed by atoms with Crippen molar-refractivity contribution in [1.29, 1.82) is 0 Å². The third kappa shape index (κ3) is 5.48. The fourth-order valence-corrected chi connectivity index (χ4v) is 3.10. The van der Waals surface area contributed by atoms with E-state index in [1.165, 1.54) is 20.0 Å². The molecule has 0 aromatic heterocycles. The number of carbonyl (C=O) groups excluding carboxylic acids is 3. The molecule has 1 aliphatic heterocycles. The molecule has 1 atom stereocenters. The number of likely N-dealkylation sites (N-methyl/N-ethyl adjacent to an activating group) is 1. The minimum absolute atomic E-state index is 0.0515. The summed E-state index contributed by atoms with van der Waals surface area (Å²) < 4.78 is 24.1. The van der Waals surface area contributed by atoms with E-state index in [0.717, 1.165) is 17.1 Å². The highest BCUT2D eigenvalue weighted by atomic mass is 35.5. The topological polar surface area (TPSA) is 97.7 Å². The summed E-state index contributed by atoms with van der Waals surface area (Å²) in [6.07, 6.45) is -2.38. The van der Waals surface area contributed by atoms with Gasteiger partial charge in [-0.05, 0) is 66.7 Å². The van der Waals surface area contributed by atoms with Crippen molar-refractivity contribution in [2.75, 3.05) is 7.05 Å². The molecule has 0 saturated carbocycles. The van der Waals surface area contributed by atoms with E-state index in [2.05, 4.69) is 5.10 Å². The Morgan fingerprint density at radius 2 is 1.69 bits per heavy atom. The molecule has 2 rings (SSSR count). The maximum absolute atomic E-state index is 13.6. The van der Waals surface area contributed by atoms with Gasteiger partial charge in [-0.1, -0.05) is 11.6 Å². The fraction of sp³-hybridized carbons (Fsp3) is 0.524. The number of hydrogen-bond acceptors (Lipinski definition) is 7. The first-order chi connectivity index (χ1) is 14.5. The minimum atomic E-state index is -1.99. The van der Waals surface area contributed by atoms with Gasteiger partial charge in [0, 0.05) is 12.6 Å². The number of amides is 2. The summed E-state index contributed by atoms with van der Waals surface area (Å²) in [5.41, 5.74) is -3.80. The number of benzene rings is 1. The predicted octanol–water partition coefficient (Wildman–Crippen LogP) is 4.52. The van der Waals surface area contributed by atoms with Crippen LogP contribution in [0.25, 0.3) is 0 Å². The Kier molecular flexibility index (Phi) is 6.80. The number of hydroxylamine groups is 2. The Morgan fingerprint density at radius 1 is 1.12 bits per heavy atom. The average Bonchev–Trinajstić information content (AvgIpc) is 2.81. The lowest BCUT2D eigenvalue weighted by Crippen LogP contribution is -2.61. The van der Waals surface area contributed by atoms with E-state index in [1.54, 1.807) is 41.5 Å². The molecule has 1 aliphatic rings. The van der Waals surface area contributed by atoms with Crippen LogP contribution in [0.15, 0.2) is 23.3 Å². The molecular formula is C21H27ClFN3O6. The Morgan fingerprint density at radius 3 is 2.19 bits per heavy atom. The molecule has 1 unspecified atom stereocenters. The van der Waals surface area contributed by atoms with Crippen LogP contribution in [0, 0.1) is 5.82 Å². The monoisotopic (exact) mass is 471 g/mol.